The van der Waals surface area contributed by atoms with Gasteiger partial charge >= 0.3 is 0 Å². The van der Waals surface area contributed by atoms with Gasteiger partial charge in [-0.3, -0.25) is 4.79 Å². The fourth-order valence-corrected chi connectivity index (χ4v) is 2.81. The van der Waals surface area contributed by atoms with Gasteiger partial charge in [0.05, 0.1) is 5.39 Å². The molecule has 2 heterocycles. The lowest BCUT2D eigenvalue weighted by atomic mass is 10.2. The third kappa shape index (κ3) is 2.88. The van der Waals surface area contributed by atoms with E-state index in [-0.39, 0.29) is 23.7 Å². The smallest absolute Gasteiger partial charge is 0.225 e. The van der Waals surface area contributed by atoms with Crippen LogP contribution < -0.4 is 11.1 Å². The molecule has 2 aromatic heterocycles. The molecule has 0 saturated heterocycles. The van der Waals surface area contributed by atoms with Crippen LogP contribution in [0.4, 0.5) is 5.82 Å². The molecule has 0 aliphatic rings. The second kappa shape index (κ2) is 5.07. The van der Waals surface area contributed by atoms with Gasteiger partial charge in [0, 0.05) is 17.3 Å². The molecule has 1 atom stereocenters. The van der Waals surface area contributed by atoms with Gasteiger partial charge in [0.2, 0.25) is 11.2 Å². The molecule has 0 aliphatic heterocycles. The lowest BCUT2D eigenvalue weighted by Crippen LogP contribution is -2.24. The molecule has 0 saturated carbocycles. The number of carbonyl (C=O) groups excluding carboxylic acids is 1. The minimum absolute atomic E-state index is 0.100. The SMILES string of the molecule is Cc1cc2c(NC(C)CC(N)=O)nc(Cl)nc2s1. The van der Waals surface area contributed by atoms with Crippen LogP contribution in [0.3, 0.4) is 0 Å². The van der Waals surface area contributed by atoms with E-state index in [1.165, 1.54) is 0 Å². The number of hydrogen-bond acceptors (Lipinski definition) is 5. The predicted octanol–water partition coefficient (Wildman–Crippen LogP) is 2.33. The summed E-state index contributed by atoms with van der Waals surface area (Å²) in [6, 6.07) is 1.90. The Morgan fingerprint density at radius 1 is 1.61 bits per heavy atom. The predicted molar refractivity (Wildman–Crippen MR) is 74.1 cm³/mol. The second-order valence-electron chi connectivity index (χ2n) is 4.13. The number of primary amides is 1. The molecule has 0 aliphatic carbocycles. The maximum atomic E-state index is 10.9. The summed E-state index contributed by atoms with van der Waals surface area (Å²) in [6.07, 6.45) is 0.242. The molecule has 18 heavy (non-hydrogen) atoms. The van der Waals surface area contributed by atoms with Crippen molar-refractivity contribution in [1.82, 2.24) is 9.97 Å². The van der Waals surface area contributed by atoms with Gasteiger partial charge in [-0.15, -0.1) is 11.3 Å². The number of aryl methyl sites for hydroxylation is 1. The Hall–Kier alpha value is -1.40. The number of carbonyl (C=O) groups is 1. The minimum Gasteiger partial charge on any atom is -0.370 e. The van der Waals surface area contributed by atoms with E-state index >= 15 is 0 Å². The zero-order chi connectivity index (χ0) is 13.3. The van der Waals surface area contributed by atoms with Crippen molar-refractivity contribution in [3.05, 3.63) is 16.2 Å². The van der Waals surface area contributed by atoms with Crippen LogP contribution in [0.5, 0.6) is 0 Å². The van der Waals surface area contributed by atoms with E-state index in [0.29, 0.717) is 5.82 Å². The molecule has 2 rings (SSSR count). The van der Waals surface area contributed by atoms with Gasteiger partial charge in [-0.25, -0.2) is 9.97 Å². The summed E-state index contributed by atoms with van der Waals surface area (Å²) in [7, 11) is 0. The minimum atomic E-state index is -0.354. The average molecular weight is 285 g/mol. The molecule has 7 heteroatoms. The van der Waals surface area contributed by atoms with Crippen LogP contribution in [-0.2, 0) is 4.79 Å². The van der Waals surface area contributed by atoms with Crippen molar-refractivity contribution in [2.75, 3.05) is 5.32 Å². The zero-order valence-corrected chi connectivity index (χ0v) is 11.6. The van der Waals surface area contributed by atoms with Crippen LogP contribution in [0.25, 0.3) is 10.2 Å². The van der Waals surface area contributed by atoms with Crippen molar-refractivity contribution in [1.29, 1.82) is 0 Å². The lowest BCUT2D eigenvalue weighted by molar-refractivity contribution is -0.118. The molecule has 0 aromatic carbocycles. The van der Waals surface area contributed by atoms with Crippen molar-refractivity contribution in [2.24, 2.45) is 5.73 Å². The first-order valence-corrected chi connectivity index (χ1v) is 6.63. The van der Waals surface area contributed by atoms with E-state index in [2.05, 4.69) is 15.3 Å². The zero-order valence-electron chi connectivity index (χ0n) is 10.0. The lowest BCUT2D eigenvalue weighted by Gasteiger charge is -2.13. The molecule has 3 N–H and O–H groups in total. The highest BCUT2D eigenvalue weighted by molar-refractivity contribution is 7.18. The molecular formula is C11H13ClN4OS. The molecular weight excluding hydrogens is 272 g/mol. The summed E-state index contributed by atoms with van der Waals surface area (Å²) < 4.78 is 0. The number of amides is 1. The Labute approximate surface area is 113 Å². The number of nitrogens with one attached hydrogen (secondary N) is 1. The summed E-state index contributed by atoms with van der Waals surface area (Å²) in [6.45, 7) is 3.86. The van der Waals surface area contributed by atoms with Crippen molar-refractivity contribution in [2.45, 2.75) is 26.3 Å². The van der Waals surface area contributed by atoms with Crippen molar-refractivity contribution >= 4 is 44.9 Å². The Kier molecular flexibility index (Phi) is 3.68. The number of nitrogens with zero attached hydrogens (tertiary/aromatic N) is 2. The number of aromatic nitrogens is 2. The van der Waals surface area contributed by atoms with Gasteiger partial charge in [0.1, 0.15) is 10.6 Å². The first kappa shape index (κ1) is 13.0. The maximum Gasteiger partial charge on any atom is 0.225 e. The normalized spacial score (nSPS) is 12.6. The molecule has 1 unspecified atom stereocenters. The van der Waals surface area contributed by atoms with Crippen molar-refractivity contribution < 1.29 is 4.79 Å². The van der Waals surface area contributed by atoms with Gasteiger partial charge < -0.3 is 11.1 Å². The van der Waals surface area contributed by atoms with Crippen molar-refractivity contribution in [3.63, 3.8) is 0 Å². The van der Waals surface area contributed by atoms with Crippen LogP contribution in [0.1, 0.15) is 18.2 Å². The highest BCUT2D eigenvalue weighted by Crippen LogP contribution is 2.29. The molecule has 0 bridgehead atoms. The fourth-order valence-electron chi connectivity index (χ4n) is 1.71. The summed E-state index contributed by atoms with van der Waals surface area (Å²) in [5.74, 6) is 0.288. The Morgan fingerprint density at radius 3 is 3.00 bits per heavy atom. The Morgan fingerprint density at radius 2 is 2.33 bits per heavy atom. The molecule has 96 valence electrons. The number of thiophene rings is 1. The number of fused-ring (bicyclic) bond motifs is 1. The fraction of sp³-hybridized carbons (Fsp3) is 0.364. The van der Waals surface area contributed by atoms with Crippen LogP contribution in [0.2, 0.25) is 5.28 Å². The molecule has 2 aromatic rings. The van der Waals surface area contributed by atoms with Crippen LogP contribution in [0, 0.1) is 6.92 Å². The van der Waals surface area contributed by atoms with Crippen LogP contribution in [0.15, 0.2) is 6.07 Å². The molecule has 5 nitrogen and oxygen atoms in total. The number of halogens is 1. The monoisotopic (exact) mass is 284 g/mol. The molecule has 0 spiro atoms. The Balaban J connectivity index is 2.34. The van der Waals surface area contributed by atoms with E-state index in [0.717, 1.165) is 15.1 Å². The second-order valence-corrected chi connectivity index (χ2v) is 5.71. The van der Waals surface area contributed by atoms with E-state index in [4.69, 9.17) is 17.3 Å². The molecule has 1 amide bonds. The summed E-state index contributed by atoms with van der Waals surface area (Å²) >= 11 is 7.43. The number of rotatable bonds is 4. The quantitative estimate of drug-likeness (QED) is 0.844. The Bertz CT molecular complexity index is 598. The standard InChI is InChI=1S/C11H13ClN4OS/c1-5(3-8(13)17)14-9-7-4-6(2)18-10(7)16-11(12)15-9/h4-5H,3H2,1-2H3,(H2,13,17)(H,14,15,16). The maximum absolute atomic E-state index is 10.9. The number of anilines is 1. The van der Waals surface area contributed by atoms with E-state index in [9.17, 15) is 4.79 Å². The largest absolute Gasteiger partial charge is 0.370 e. The van der Waals surface area contributed by atoms with E-state index in [1.54, 1.807) is 11.3 Å². The van der Waals surface area contributed by atoms with E-state index in [1.807, 2.05) is 19.9 Å². The van der Waals surface area contributed by atoms with Crippen LogP contribution >= 0.6 is 22.9 Å². The molecule has 0 fully saturated rings. The number of nitrogens with two attached hydrogens (primary N) is 1. The van der Waals surface area contributed by atoms with E-state index < -0.39 is 0 Å². The summed E-state index contributed by atoms with van der Waals surface area (Å²) in [5.41, 5.74) is 5.16. The summed E-state index contributed by atoms with van der Waals surface area (Å²) in [4.78, 5) is 21.2. The summed E-state index contributed by atoms with van der Waals surface area (Å²) in [5, 5.41) is 4.25. The highest BCUT2D eigenvalue weighted by Gasteiger charge is 2.13. The van der Waals surface area contributed by atoms with Gasteiger partial charge in [0.25, 0.3) is 0 Å². The first-order valence-electron chi connectivity index (χ1n) is 5.44. The first-order chi connectivity index (χ1) is 8.45. The van der Waals surface area contributed by atoms with Gasteiger partial charge in [-0.2, -0.15) is 0 Å². The van der Waals surface area contributed by atoms with Gasteiger partial charge in [0.15, 0.2) is 0 Å². The third-order valence-corrected chi connectivity index (χ3v) is 3.49. The van der Waals surface area contributed by atoms with Gasteiger partial charge in [-0.1, -0.05) is 0 Å². The topological polar surface area (TPSA) is 80.9 Å². The average Bonchev–Trinajstić information content (AvgIpc) is 2.56. The van der Waals surface area contributed by atoms with Gasteiger partial charge in [-0.05, 0) is 31.5 Å². The third-order valence-electron chi connectivity index (χ3n) is 2.38. The number of hydrogen-bond donors (Lipinski definition) is 2. The highest BCUT2D eigenvalue weighted by atomic mass is 35.5. The molecule has 0 radical (unpaired) electrons. The van der Waals surface area contributed by atoms with Crippen LogP contribution in [-0.4, -0.2) is 21.9 Å². The van der Waals surface area contributed by atoms with Crippen molar-refractivity contribution in [3.8, 4) is 0 Å².